The molecule has 0 unspecified atom stereocenters. The second-order valence-electron chi connectivity index (χ2n) is 6.84. The molecule has 0 radical (unpaired) electrons. The maximum Gasteiger partial charge on any atom is 0.289 e. The van der Waals surface area contributed by atoms with Gasteiger partial charge < -0.3 is 15.2 Å². The third kappa shape index (κ3) is 4.33. The number of nitrogens with one attached hydrogen (secondary N) is 2. The van der Waals surface area contributed by atoms with Gasteiger partial charge in [0.15, 0.2) is 0 Å². The summed E-state index contributed by atoms with van der Waals surface area (Å²) in [7, 11) is 0. The van der Waals surface area contributed by atoms with Crippen LogP contribution in [-0.4, -0.2) is 39.7 Å². The van der Waals surface area contributed by atoms with Crippen molar-refractivity contribution in [1.29, 1.82) is 0 Å². The highest BCUT2D eigenvalue weighted by Crippen LogP contribution is 2.27. The highest BCUT2D eigenvalue weighted by atomic mass is 16.2. The maximum absolute atomic E-state index is 11.9. The summed E-state index contributed by atoms with van der Waals surface area (Å²) < 4.78 is 1.84. The summed E-state index contributed by atoms with van der Waals surface area (Å²) >= 11 is 0. The first-order valence-electron chi connectivity index (χ1n) is 9.21. The zero-order chi connectivity index (χ0) is 16.8. The molecule has 0 atom stereocenters. The lowest BCUT2D eigenvalue weighted by Gasteiger charge is -2.21. The van der Waals surface area contributed by atoms with Gasteiger partial charge in [-0.1, -0.05) is 32.1 Å². The molecule has 2 heterocycles. The molecule has 2 aliphatic rings. The van der Waals surface area contributed by atoms with Gasteiger partial charge in [-0.15, -0.1) is 10.2 Å². The molecule has 1 aliphatic carbocycles. The normalized spacial score (nSPS) is 18.1. The van der Waals surface area contributed by atoms with Crippen LogP contribution in [0.4, 0.5) is 0 Å². The Hall–Kier alpha value is -1.92. The molecule has 0 saturated heterocycles. The second kappa shape index (κ2) is 8.26. The minimum absolute atomic E-state index is 0.113. The summed E-state index contributed by atoms with van der Waals surface area (Å²) in [6.07, 6.45) is 10.2. The van der Waals surface area contributed by atoms with Crippen LogP contribution in [0.5, 0.6) is 0 Å². The zero-order valence-electron chi connectivity index (χ0n) is 14.2. The van der Waals surface area contributed by atoms with Gasteiger partial charge >= 0.3 is 0 Å². The van der Waals surface area contributed by atoms with E-state index in [1.807, 2.05) is 4.57 Å². The highest BCUT2D eigenvalue weighted by molar-refractivity contribution is 5.91. The average Bonchev–Trinajstić information content (AvgIpc) is 3.01. The SMILES string of the molecule is O=C(CCCC1CCCCC1)NCCc1nnc2n1CCNC2=O. The summed E-state index contributed by atoms with van der Waals surface area (Å²) in [6, 6.07) is 0. The van der Waals surface area contributed by atoms with Crippen LogP contribution in [0, 0.1) is 5.92 Å². The van der Waals surface area contributed by atoms with E-state index in [2.05, 4.69) is 20.8 Å². The highest BCUT2D eigenvalue weighted by Gasteiger charge is 2.22. The predicted octanol–water partition coefficient (Wildman–Crippen LogP) is 1.43. The third-order valence-corrected chi connectivity index (χ3v) is 5.06. The van der Waals surface area contributed by atoms with E-state index in [4.69, 9.17) is 0 Å². The Bertz CT molecular complexity index is 578. The van der Waals surface area contributed by atoms with Crippen molar-refractivity contribution in [3.63, 3.8) is 0 Å². The van der Waals surface area contributed by atoms with Crippen molar-refractivity contribution in [2.45, 2.75) is 64.3 Å². The van der Waals surface area contributed by atoms with Gasteiger partial charge in [0.05, 0.1) is 0 Å². The lowest BCUT2D eigenvalue weighted by Crippen LogP contribution is -2.36. The van der Waals surface area contributed by atoms with Crippen molar-refractivity contribution in [2.75, 3.05) is 13.1 Å². The van der Waals surface area contributed by atoms with Crippen LogP contribution in [0.25, 0.3) is 0 Å². The molecule has 1 aromatic heterocycles. The molecule has 7 heteroatoms. The van der Waals surface area contributed by atoms with Crippen molar-refractivity contribution in [1.82, 2.24) is 25.4 Å². The number of fused-ring (bicyclic) bond motifs is 1. The van der Waals surface area contributed by atoms with E-state index >= 15 is 0 Å². The van der Waals surface area contributed by atoms with E-state index in [-0.39, 0.29) is 11.8 Å². The summed E-state index contributed by atoms with van der Waals surface area (Å²) in [6.45, 7) is 1.84. The molecule has 1 fully saturated rings. The Morgan fingerprint density at radius 3 is 2.92 bits per heavy atom. The Morgan fingerprint density at radius 2 is 2.08 bits per heavy atom. The van der Waals surface area contributed by atoms with Crippen LogP contribution in [0.2, 0.25) is 0 Å². The minimum atomic E-state index is -0.174. The van der Waals surface area contributed by atoms with Gasteiger partial charge in [0.2, 0.25) is 11.7 Å². The lowest BCUT2D eigenvalue weighted by atomic mass is 9.86. The fourth-order valence-electron chi connectivity index (χ4n) is 3.71. The van der Waals surface area contributed by atoms with Crippen molar-refractivity contribution in [3.8, 4) is 0 Å². The average molecular weight is 333 g/mol. The number of carbonyl (C=O) groups is 2. The van der Waals surface area contributed by atoms with E-state index < -0.39 is 0 Å². The molecule has 7 nitrogen and oxygen atoms in total. The molecule has 1 saturated carbocycles. The van der Waals surface area contributed by atoms with Crippen LogP contribution >= 0.6 is 0 Å². The molecule has 1 aliphatic heterocycles. The monoisotopic (exact) mass is 333 g/mol. The van der Waals surface area contributed by atoms with Crippen molar-refractivity contribution >= 4 is 11.8 Å². The molecular weight excluding hydrogens is 306 g/mol. The van der Waals surface area contributed by atoms with Crippen molar-refractivity contribution < 1.29 is 9.59 Å². The molecule has 24 heavy (non-hydrogen) atoms. The summed E-state index contributed by atoms with van der Waals surface area (Å²) in [4.78, 5) is 23.6. The standard InChI is InChI=1S/C17H27N5O2/c23-15(8-4-7-13-5-2-1-3-6-13)18-10-9-14-20-21-16-17(24)19-11-12-22(14)16/h13H,1-12H2,(H,18,23)(H,19,24). The van der Waals surface area contributed by atoms with Crippen LogP contribution in [0.15, 0.2) is 0 Å². The smallest absolute Gasteiger partial charge is 0.289 e. The van der Waals surface area contributed by atoms with Gasteiger partial charge in [0.25, 0.3) is 5.91 Å². The second-order valence-corrected chi connectivity index (χ2v) is 6.84. The van der Waals surface area contributed by atoms with E-state index in [9.17, 15) is 9.59 Å². The summed E-state index contributed by atoms with van der Waals surface area (Å²) in [5.74, 6) is 1.91. The van der Waals surface area contributed by atoms with Gasteiger partial charge in [0, 0.05) is 32.5 Å². The van der Waals surface area contributed by atoms with E-state index in [1.54, 1.807) is 0 Å². The van der Waals surface area contributed by atoms with Gasteiger partial charge in [-0.25, -0.2) is 0 Å². The van der Waals surface area contributed by atoms with Gasteiger partial charge in [-0.05, 0) is 18.8 Å². The fraction of sp³-hybridized carbons (Fsp3) is 0.765. The quantitative estimate of drug-likeness (QED) is 0.790. The van der Waals surface area contributed by atoms with E-state index in [1.165, 1.54) is 38.5 Å². The molecule has 0 spiro atoms. The first kappa shape index (κ1) is 16.9. The van der Waals surface area contributed by atoms with Crippen molar-refractivity contribution in [3.05, 3.63) is 11.6 Å². The zero-order valence-corrected chi connectivity index (χ0v) is 14.2. The number of hydrogen-bond donors (Lipinski definition) is 2. The number of rotatable bonds is 7. The summed E-state index contributed by atoms with van der Waals surface area (Å²) in [5.41, 5.74) is 0. The molecule has 0 bridgehead atoms. The lowest BCUT2D eigenvalue weighted by molar-refractivity contribution is -0.121. The Labute approximate surface area is 142 Å². The van der Waals surface area contributed by atoms with Crippen LogP contribution < -0.4 is 10.6 Å². The predicted molar refractivity (Wildman–Crippen MR) is 89.5 cm³/mol. The topological polar surface area (TPSA) is 88.9 Å². The number of nitrogens with zero attached hydrogens (tertiary/aromatic N) is 3. The fourth-order valence-corrected chi connectivity index (χ4v) is 3.71. The minimum Gasteiger partial charge on any atom is -0.356 e. The molecular formula is C17H27N5O2. The first-order valence-corrected chi connectivity index (χ1v) is 9.21. The largest absolute Gasteiger partial charge is 0.356 e. The van der Waals surface area contributed by atoms with Crippen LogP contribution in [-0.2, 0) is 17.8 Å². The maximum atomic E-state index is 11.9. The van der Waals surface area contributed by atoms with Crippen LogP contribution in [0.3, 0.4) is 0 Å². The summed E-state index contributed by atoms with van der Waals surface area (Å²) in [5, 5.41) is 13.7. The Balaban J connectivity index is 1.34. The number of hydrogen-bond acceptors (Lipinski definition) is 4. The Morgan fingerprint density at radius 1 is 1.25 bits per heavy atom. The number of amides is 2. The first-order chi connectivity index (χ1) is 11.7. The van der Waals surface area contributed by atoms with Crippen molar-refractivity contribution in [2.24, 2.45) is 5.92 Å². The molecule has 1 aromatic rings. The molecule has 2 N–H and O–H groups in total. The molecule has 132 valence electrons. The number of aromatic nitrogens is 3. The van der Waals surface area contributed by atoms with Gasteiger partial charge in [-0.3, -0.25) is 9.59 Å². The number of carbonyl (C=O) groups excluding carboxylic acids is 2. The third-order valence-electron chi connectivity index (χ3n) is 5.06. The van der Waals surface area contributed by atoms with Gasteiger partial charge in [0.1, 0.15) is 5.82 Å². The van der Waals surface area contributed by atoms with E-state index in [0.29, 0.717) is 38.3 Å². The van der Waals surface area contributed by atoms with Gasteiger partial charge in [-0.2, -0.15) is 0 Å². The molecule has 2 amide bonds. The van der Waals surface area contributed by atoms with E-state index in [0.717, 1.165) is 18.2 Å². The molecule has 0 aromatic carbocycles. The van der Waals surface area contributed by atoms with Crippen LogP contribution in [0.1, 0.15) is 67.8 Å². The molecule has 3 rings (SSSR count). The Kier molecular flexibility index (Phi) is 5.82.